The maximum Gasteiger partial charge on any atom is 0.238 e. The number of anilines is 1. The van der Waals surface area contributed by atoms with E-state index in [1.165, 1.54) is 36.0 Å². The molecule has 0 aliphatic heterocycles. The van der Waals surface area contributed by atoms with Crippen LogP contribution in [0.15, 0.2) is 88.8 Å². The number of nitrogens with one attached hydrogen (secondary N) is 1. The Kier molecular flexibility index (Phi) is 6.87. The second-order valence-corrected chi connectivity index (χ2v) is 10.5. The van der Waals surface area contributed by atoms with Gasteiger partial charge in [0.25, 0.3) is 0 Å². The molecule has 9 heteroatoms. The Hall–Kier alpha value is -3.40. The number of aromatic nitrogens is 1. The fourth-order valence-corrected chi connectivity index (χ4v) is 4.81. The first-order valence-corrected chi connectivity index (χ1v) is 12.8. The minimum atomic E-state index is -3.79. The number of sulfonamides is 1. The number of nitrogens with two attached hydrogens (primary N) is 1. The van der Waals surface area contributed by atoms with Crippen LogP contribution in [0.5, 0.6) is 5.75 Å². The lowest BCUT2D eigenvalue weighted by Crippen LogP contribution is -2.22. The fraction of sp³-hybridized carbons (Fsp3) is 0.120. The summed E-state index contributed by atoms with van der Waals surface area (Å²) in [5.74, 6) is 0.469. The number of carbonyl (C=O) groups is 1. The molecule has 1 atom stereocenters. The Labute approximate surface area is 202 Å². The van der Waals surface area contributed by atoms with Gasteiger partial charge in [-0.05, 0) is 60.5 Å². The minimum Gasteiger partial charge on any atom is -0.497 e. The van der Waals surface area contributed by atoms with Gasteiger partial charge in [0.15, 0.2) is 0 Å². The summed E-state index contributed by atoms with van der Waals surface area (Å²) in [5.41, 5.74) is 3.32. The molecule has 0 spiro atoms. The van der Waals surface area contributed by atoms with Crippen LogP contribution in [-0.2, 0) is 14.8 Å². The van der Waals surface area contributed by atoms with E-state index in [9.17, 15) is 13.2 Å². The van der Waals surface area contributed by atoms with E-state index in [-0.39, 0.29) is 10.8 Å². The predicted octanol–water partition coefficient (Wildman–Crippen LogP) is 4.68. The van der Waals surface area contributed by atoms with Gasteiger partial charge in [-0.2, -0.15) is 0 Å². The van der Waals surface area contributed by atoms with Crippen molar-refractivity contribution in [3.05, 3.63) is 78.9 Å². The molecule has 1 aromatic heterocycles. The quantitative estimate of drug-likeness (QED) is 0.362. The van der Waals surface area contributed by atoms with Gasteiger partial charge in [0.2, 0.25) is 15.9 Å². The van der Waals surface area contributed by atoms with Crippen molar-refractivity contribution in [2.24, 2.45) is 5.14 Å². The number of fused-ring (bicyclic) bond motifs is 1. The molecule has 4 aromatic rings. The zero-order chi connectivity index (χ0) is 24.3. The van der Waals surface area contributed by atoms with Crippen molar-refractivity contribution in [2.75, 3.05) is 12.4 Å². The molecule has 0 unspecified atom stereocenters. The highest BCUT2D eigenvalue weighted by Crippen LogP contribution is 2.34. The van der Waals surface area contributed by atoms with E-state index in [0.29, 0.717) is 16.5 Å². The summed E-state index contributed by atoms with van der Waals surface area (Å²) in [6.07, 6.45) is 0. The molecule has 34 heavy (non-hydrogen) atoms. The van der Waals surface area contributed by atoms with Gasteiger partial charge in [0.05, 0.1) is 27.8 Å². The first kappa shape index (κ1) is 23.7. The number of benzene rings is 3. The van der Waals surface area contributed by atoms with E-state index in [1.807, 2.05) is 54.6 Å². The van der Waals surface area contributed by atoms with Crippen molar-refractivity contribution < 1.29 is 17.9 Å². The number of hydrogen-bond acceptors (Lipinski definition) is 6. The Morgan fingerprint density at radius 1 is 1.03 bits per heavy atom. The molecule has 3 N–H and O–H groups in total. The highest BCUT2D eigenvalue weighted by Gasteiger charge is 2.18. The van der Waals surface area contributed by atoms with Crippen LogP contribution in [0.4, 0.5) is 5.69 Å². The summed E-state index contributed by atoms with van der Waals surface area (Å²) < 4.78 is 28.2. The largest absolute Gasteiger partial charge is 0.497 e. The summed E-state index contributed by atoms with van der Waals surface area (Å²) in [7, 11) is -2.18. The van der Waals surface area contributed by atoms with Crippen molar-refractivity contribution in [1.29, 1.82) is 0 Å². The lowest BCUT2D eigenvalue weighted by molar-refractivity contribution is -0.115. The smallest absolute Gasteiger partial charge is 0.238 e. The number of pyridine rings is 1. The van der Waals surface area contributed by atoms with Gasteiger partial charge in [-0.25, -0.2) is 18.5 Å². The van der Waals surface area contributed by atoms with E-state index < -0.39 is 15.3 Å². The Morgan fingerprint density at radius 3 is 2.38 bits per heavy atom. The Bertz CT molecular complexity index is 1440. The summed E-state index contributed by atoms with van der Waals surface area (Å²) >= 11 is 1.34. The summed E-state index contributed by atoms with van der Waals surface area (Å²) in [5, 5.41) is 9.15. The van der Waals surface area contributed by atoms with Gasteiger partial charge in [-0.15, -0.1) is 0 Å². The maximum atomic E-state index is 12.8. The van der Waals surface area contributed by atoms with Gasteiger partial charge in [-0.1, -0.05) is 42.1 Å². The molecule has 0 aliphatic carbocycles. The fourth-order valence-electron chi connectivity index (χ4n) is 3.43. The maximum absolute atomic E-state index is 12.8. The molecule has 1 heterocycles. The zero-order valence-corrected chi connectivity index (χ0v) is 20.2. The lowest BCUT2D eigenvalue weighted by Gasteiger charge is -2.14. The van der Waals surface area contributed by atoms with Crippen LogP contribution in [0.1, 0.15) is 6.92 Å². The molecule has 3 aromatic carbocycles. The number of rotatable bonds is 7. The Balaban J connectivity index is 1.60. The number of nitrogens with zero attached hydrogens (tertiary/aromatic N) is 1. The number of amides is 1. The van der Waals surface area contributed by atoms with E-state index >= 15 is 0 Å². The van der Waals surface area contributed by atoms with E-state index in [4.69, 9.17) is 14.9 Å². The molecule has 0 aliphatic rings. The number of primary sulfonamides is 1. The van der Waals surface area contributed by atoms with Crippen molar-refractivity contribution in [2.45, 2.75) is 22.1 Å². The molecule has 0 saturated carbocycles. The molecular formula is C25H23N3O4S2. The van der Waals surface area contributed by atoms with Gasteiger partial charge < -0.3 is 10.1 Å². The van der Waals surface area contributed by atoms with Gasteiger partial charge >= 0.3 is 0 Å². The van der Waals surface area contributed by atoms with E-state index in [1.54, 1.807) is 14.0 Å². The monoisotopic (exact) mass is 493 g/mol. The van der Waals surface area contributed by atoms with Crippen LogP contribution in [0.3, 0.4) is 0 Å². The molecule has 174 valence electrons. The first-order valence-electron chi connectivity index (χ1n) is 10.4. The molecule has 1 amide bonds. The summed E-state index contributed by atoms with van der Waals surface area (Å²) in [6, 6.07) is 23.5. The zero-order valence-electron chi connectivity index (χ0n) is 18.6. The van der Waals surface area contributed by atoms with Crippen LogP contribution in [0.25, 0.3) is 22.0 Å². The normalized spacial score (nSPS) is 12.3. The van der Waals surface area contributed by atoms with Crippen molar-refractivity contribution >= 4 is 44.3 Å². The third-order valence-corrected chi connectivity index (χ3v) is 7.14. The summed E-state index contributed by atoms with van der Waals surface area (Å²) in [4.78, 5) is 17.5. The molecular weight excluding hydrogens is 470 g/mol. The lowest BCUT2D eigenvalue weighted by atomic mass is 10.0. The number of ether oxygens (including phenoxy) is 1. The van der Waals surface area contributed by atoms with Gasteiger partial charge in [-0.3, -0.25) is 4.79 Å². The molecule has 4 rings (SSSR count). The summed E-state index contributed by atoms with van der Waals surface area (Å²) in [6.45, 7) is 1.79. The third-order valence-electron chi connectivity index (χ3n) is 5.20. The van der Waals surface area contributed by atoms with Gasteiger partial charge in [0.1, 0.15) is 5.75 Å². The first-order chi connectivity index (χ1) is 16.2. The highest BCUT2D eigenvalue weighted by molar-refractivity contribution is 8.00. The van der Waals surface area contributed by atoms with E-state index in [2.05, 4.69) is 5.32 Å². The number of methoxy groups -OCH3 is 1. The van der Waals surface area contributed by atoms with E-state index in [0.717, 1.165) is 22.0 Å². The molecule has 0 saturated heterocycles. The van der Waals surface area contributed by atoms with Crippen LogP contribution >= 0.6 is 11.8 Å². The van der Waals surface area contributed by atoms with Crippen LogP contribution in [-0.4, -0.2) is 31.7 Å². The van der Waals surface area contributed by atoms with Crippen LogP contribution < -0.4 is 15.2 Å². The van der Waals surface area contributed by atoms with Crippen LogP contribution in [0.2, 0.25) is 0 Å². The average molecular weight is 494 g/mol. The van der Waals surface area contributed by atoms with Crippen LogP contribution in [0, 0.1) is 0 Å². The number of carbonyl (C=O) groups excluding carboxylic acids is 1. The van der Waals surface area contributed by atoms with Gasteiger partial charge in [0, 0.05) is 17.1 Å². The average Bonchev–Trinajstić information content (AvgIpc) is 2.83. The SMILES string of the molecule is COc1ccc2c(-c3ccccc3)cc(S[C@@H](C)C(=O)Nc3ccc(S(N)(=O)=O)cc3)nc2c1. The minimum absolute atomic E-state index is 0.0165. The second kappa shape index (κ2) is 9.84. The topological polar surface area (TPSA) is 111 Å². The third kappa shape index (κ3) is 5.39. The molecule has 0 bridgehead atoms. The molecule has 0 fully saturated rings. The van der Waals surface area contributed by atoms with Crippen molar-refractivity contribution in [3.8, 4) is 16.9 Å². The molecule has 0 radical (unpaired) electrons. The Morgan fingerprint density at radius 2 is 1.74 bits per heavy atom. The second-order valence-electron chi connectivity index (χ2n) is 7.58. The van der Waals surface area contributed by atoms with Crippen molar-refractivity contribution in [1.82, 2.24) is 4.98 Å². The standard InChI is InChI=1S/C25H23N3O4S2/c1-16(25(29)27-18-8-11-20(12-9-18)34(26,30)31)33-24-15-22(17-6-4-3-5-7-17)21-13-10-19(32-2)14-23(21)28-24/h3-16H,1-2H3,(H,27,29)(H2,26,30,31)/t16-/m0/s1. The predicted molar refractivity (Wildman–Crippen MR) is 135 cm³/mol. The highest BCUT2D eigenvalue weighted by atomic mass is 32.2. The molecule has 7 nitrogen and oxygen atoms in total. The van der Waals surface area contributed by atoms with Crippen molar-refractivity contribution in [3.63, 3.8) is 0 Å². The number of thioether (sulfide) groups is 1. The number of hydrogen-bond donors (Lipinski definition) is 2.